The summed E-state index contributed by atoms with van der Waals surface area (Å²) in [6.45, 7) is 7.45. The minimum absolute atomic E-state index is 0.0452. The van der Waals surface area contributed by atoms with Gasteiger partial charge in [-0.2, -0.15) is 0 Å². The molecular formula is C30H42Br2N12O13. The molecule has 0 amide bonds. The molecule has 57 heavy (non-hydrogen) atoms. The van der Waals surface area contributed by atoms with Gasteiger partial charge in [-0.05, 0) is 39.6 Å². The smallest absolute Gasteiger partial charge is 0.389 e. The second kappa shape index (κ2) is 22.8. The van der Waals surface area contributed by atoms with E-state index in [1.807, 2.05) is 20.8 Å². The highest BCUT2D eigenvalue weighted by Gasteiger charge is 2.27. The van der Waals surface area contributed by atoms with Gasteiger partial charge in [-0.25, -0.2) is 0 Å². The van der Waals surface area contributed by atoms with Crippen molar-refractivity contribution in [2.75, 3.05) is 0 Å². The number of aliphatic hydroxyl groups excluding tert-OH is 1. The molecular weight excluding hydrogens is 896 g/mol. The van der Waals surface area contributed by atoms with Crippen LogP contribution in [-0.2, 0) is 91.7 Å². The lowest BCUT2D eigenvalue weighted by Crippen LogP contribution is -2.06. The Hall–Kier alpha value is -5.70. The van der Waals surface area contributed by atoms with Crippen molar-refractivity contribution in [2.24, 2.45) is 28.2 Å². The number of aromatic nitrogens is 8. The minimum Gasteiger partial charge on any atom is -0.459 e. The molecule has 4 aromatic heterocycles. The van der Waals surface area contributed by atoms with Crippen molar-refractivity contribution in [1.29, 1.82) is 0 Å². The molecule has 4 aromatic rings. The summed E-state index contributed by atoms with van der Waals surface area (Å²) in [6, 6.07) is 0. The first-order valence-corrected chi connectivity index (χ1v) is 18.4. The van der Waals surface area contributed by atoms with Gasteiger partial charge >= 0.3 is 35.2 Å². The van der Waals surface area contributed by atoms with E-state index in [0.717, 1.165) is 5.82 Å². The highest BCUT2D eigenvalue weighted by atomic mass is 79.9. The monoisotopic (exact) mass is 936 g/mol. The summed E-state index contributed by atoms with van der Waals surface area (Å²) in [5.74, 6) is 0.102. The summed E-state index contributed by atoms with van der Waals surface area (Å²) < 4.78 is 16.1. The fourth-order valence-electron chi connectivity index (χ4n) is 4.71. The van der Waals surface area contributed by atoms with Gasteiger partial charge in [0.05, 0.1) is 11.9 Å². The number of carbonyl (C=O) groups is 2. The molecule has 0 aliphatic rings. The van der Waals surface area contributed by atoms with Crippen LogP contribution in [0.4, 0.5) is 23.3 Å². The van der Waals surface area contributed by atoms with Crippen molar-refractivity contribution in [3.05, 3.63) is 85.4 Å². The third kappa shape index (κ3) is 13.2. The molecule has 0 aromatic carbocycles. The second-order valence-corrected chi connectivity index (χ2v) is 12.5. The number of hydrogen-bond donors (Lipinski definition) is 1. The maximum absolute atomic E-state index is 10.7. The first kappa shape index (κ1) is 49.3. The molecule has 0 aliphatic carbocycles. The fourth-order valence-corrected chi connectivity index (χ4v) is 5.72. The van der Waals surface area contributed by atoms with Crippen LogP contribution in [0.3, 0.4) is 0 Å². The zero-order chi connectivity index (χ0) is 43.9. The van der Waals surface area contributed by atoms with Crippen molar-refractivity contribution < 1.29 is 43.9 Å². The van der Waals surface area contributed by atoms with E-state index in [1.54, 1.807) is 41.9 Å². The molecule has 25 nitrogen and oxygen atoms in total. The lowest BCUT2D eigenvalue weighted by molar-refractivity contribution is -0.390. The van der Waals surface area contributed by atoms with Crippen LogP contribution in [0.15, 0.2) is 4.73 Å². The number of aliphatic hydroxyl groups is 1. The molecule has 0 saturated heterocycles. The SMILES string of the molecule is CC(=O)OCc1c([N+](=O)[O-])nc(Br)n1C.CCc1nc([N+](=O)[O-])c(CBr)n1C.CCc1nc([N+](=O)[O-])c(CO)n1C.CCc1nc([N+](=O)[O-])c(COC(C)=O)n1C. The Bertz CT molecular complexity index is 2020. The average molecular weight is 939 g/mol. The quantitative estimate of drug-likeness (QED) is 0.0846. The number of nitrogens with zero attached hydrogens (tertiary/aromatic N) is 12. The van der Waals surface area contributed by atoms with Crippen LogP contribution < -0.4 is 0 Å². The van der Waals surface area contributed by atoms with E-state index < -0.39 is 31.6 Å². The van der Waals surface area contributed by atoms with Crippen molar-refractivity contribution in [3.8, 4) is 0 Å². The summed E-state index contributed by atoms with van der Waals surface area (Å²) >= 11 is 6.25. The predicted octanol–water partition coefficient (Wildman–Crippen LogP) is 4.28. The summed E-state index contributed by atoms with van der Waals surface area (Å²) in [6.07, 6.45) is 1.89. The number of carbonyl (C=O) groups excluding carboxylic acids is 2. The van der Waals surface area contributed by atoms with Gasteiger partial charge in [0.15, 0.2) is 11.4 Å². The normalized spacial score (nSPS) is 10.2. The van der Waals surface area contributed by atoms with Gasteiger partial charge in [0.25, 0.3) is 4.73 Å². The van der Waals surface area contributed by atoms with E-state index in [-0.39, 0.29) is 54.5 Å². The Morgan fingerprint density at radius 1 is 0.596 bits per heavy atom. The van der Waals surface area contributed by atoms with E-state index in [4.69, 9.17) is 9.84 Å². The van der Waals surface area contributed by atoms with Crippen LogP contribution >= 0.6 is 31.9 Å². The van der Waals surface area contributed by atoms with Gasteiger partial charge in [-0.1, -0.05) is 36.7 Å². The summed E-state index contributed by atoms with van der Waals surface area (Å²) in [5, 5.41) is 51.7. The first-order valence-electron chi connectivity index (χ1n) is 16.5. The van der Waals surface area contributed by atoms with Crippen molar-refractivity contribution in [3.63, 3.8) is 0 Å². The van der Waals surface area contributed by atoms with Gasteiger partial charge in [-0.15, -0.1) is 0 Å². The van der Waals surface area contributed by atoms with Crippen LogP contribution in [0.2, 0.25) is 0 Å². The van der Waals surface area contributed by atoms with Crippen LogP contribution in [0.1, 0.15) is 74.9 Å². The van der Waals surface area contributed by atoms with Crippen LogP contribution in [0.25, 0.3) is 0 Å². The summed E-state index contributed by atoms with van der Waals surface area (Å²) in [4.78, 5) is 76.7. The van der Waals surface area contributed by atoms with E-state index in [0.29, 0.717) is 52.4 Å². The molecule has 0 fully saturated rings. The van der Waals surface area contributed by atoms with Gasteiger partial charge in [-0.3, -0.25) is 14.2 Å². The molecule has 4 rings (SSSR count). The number of nitro groups is 4. The third-order valence-corrected chi connectivity index (χ3v) is 8.97. The number of aryl methyl sites for hydroxylation is 3. The Balaban J connectivity index is 0.000000381. The number of halogens is 2. The number of hydrogen-bond acceptors (Lipinski definition) is 17. The largest absolute Gasteiger partial charge is 0.459 e. The third-order valence-electron chi connectivity index (χ3n) is 7.73. The highest BCUT2D eigenvalue weighted by molar-refractivity contribution is 9.10. The Morgan fingerprint density at radius 2 is 0.895 bits per heavy atom. The molecule has 4 heterocycles. The standard InChI is InChI=1S/C9H13N3O4.C7H8BrN3O4.C7H10BrN3O2.C7H11N3O3/c1-4-8-10-9(12(14)15)7(11(8)3)5-16-6(2)13;1-4(12)15-3-5-6(11(13)14)9-7(8)10(5)2;1-3-6-9-7(11(12)13)5(4-8)10(6)2;1-3-6-8-7(10(12)13)5(4-11)9(6)2/h4-5H2,1-3H3;3H2,1-2H3;3-4H2,1-2H3;11H,3-4H2,1-2H3. The Morgan fingerprint density at radius 3 is 1.18 bits per heavy atom. The van der Waals surface area contributed by atoms with E-state index in [1.165, 1.54) is 18.4 Å². The molecule has 0 atom stereocenters. The minimum atomic E-state index is -0.621. The molecule has 27 heteroatoms. The molecule has 0 spiro atoms. The van der Waals surface area contributed by atoms with Gasteiger partial charge in [0.1, 0.15) is 24.6 Å². The predicted molar refractivity (Wildman–Crippen MR) is 205 cm³/mol. The zero-order valence-corrected chi connectivity index (χ0v) is 35.6. The number of alkyl halides is 1. The Labute approximate surface area is 340 Å². The number of esters is 2. The van der Waals surface area contributed by atoms with Crippen LogP contribution in [-0.4, -0.2) is 74.9 Å². The Kier molecular flexibility index (Phi) is 19.7. The van der Waals surface area contributed by atoms with E-state index >= 15 is 0 Å². The van der Waals surface area contributed by atoms with Crippen molar-refractivity contribution in [2.45, 2.75) is 79.0 Å². The highest BCUT2D eigenvalue weighted by Crippen LogP contribution is 2.24. The van der Waals surface area contributed by atoms with Gasteiger partial charge in [0, 0.05) is 77.2 Å². The van der Waals surface area contributed by atoms with Gasteiger partial charge < -0.3 is 68.7 Å². The lowest BCUT2D eigenvalue weighted by Gasteiger charge is -2.02. The molecule has 314 valence electrons. The second-order valence-electron chi connectivity index (χ2n) is 11.2. The molecule has 0 bridgehead atoms. The van der Waals surface area contributed by atoms with Crippen LogP contribution in [0.5, 0.6) is 0 Å². The number of rotatable bonds is 13. The topological polar surface area (TPSA) is 317 Å². The maximum atomic E-state index is 10.7. The molecule has 1 N–H and O–H groups in total. The van der Waals surface area contributed by atoms with E-state index in [9.17, 15) is 50.0 Å². The number of ether oxygens (including phenoxy) is 2. The van der Waals surface area contributed by atoms with E-state index in [2.05, 4.69) is 56.5 Å². The van der Waals surface area contributed by atoms with Crippen molar-refractivity contribution in [1.82, 2.24) is 38.2 Å². The van der Waals surface area contributed by atoms with Crippen LogP contribution in [0, 0.1) is 40.5 Å². The van der Waals surface area contributed by atoms with Crippen molar-refractivity contribution >= 4 is 67.1 Å². The average Bonchev–Trinajstić information content (AvgIpc) is 3.86. The zero-order valence-electron chi connectivity index (χ0n) is 32.4. The molecule has 0 aliphatic heterocycles. The first-order chi connectivity index (χ1) is 26.6. The number of imidazole rings is 4. The summed E-state index contributed by atoms with van der Waals surface area (Å²) in [5.41, 5.74) is 1.41. The fraction of sp³-hybridized carbons (Fsp3) is 0.533. The summed E-state index contributed by atoms with van der Waals surface area (Å²) in [7, 11) is 6.69. The molecule has 0 saturated carbocycles. The molecule has 0 radical (unpaired) electrons. The molecule has 0 unspecified atom stereocenters. The van der Waals surface area contributed by atoms with Gasteiger partial charge in [0.2, 0.25) is 17.5 Å². The maximum Gasteiger partial charge on any atom is 0.389 e. The lowest BCUT2D eigenvalue weighted by atomic mass is 10.4.